The Bertz CT molecular complexity index is 1210. The largest absolute Gasteiger partial charge is 0.436 e. The Morgan fingerprint density at radius 2 is 1.71 bits per heavy atom. The van der Waals surface area contributed by atoms with Crippen molar-refractivity contribution < 1.29 is 9.21 Å². The number of hydrogen-bond donors (Lipinski definition) is 1. The molecular weight excluding hydrogens is 384 g/mol. The fraction of sp³-hybridized carbons (Fsp3) is 0.259. The first-order valence-corrected chi connectivity index (χ1v) is 10.9. The summed E-state index contributed by atoms with van der Waals surface area (Å²) in [5, 5.41) is 2.97. The van der Waals surface area contributed by atoms with Gasteiger partial charge in [0.25, 0.3) is 5.91 Å². The summed E-state index contributed by atoms with van der Waals surface area (Å²) in [4.78, 5) is 17.3. The molecule has 4 heteroatoms. The highest BCUT2D eigenvalue weighted by Crippen LogP contribution is 2.29. The van der Waals surface area contributed by atoms with E-state index in [1.165, 1.54) is 11.1 Å². The molecule has 0 saturated carbocycles. The molecule has 158 valence electrons. The fourth-order valence-electron chi connectivity index (χ4n) is 3.56. The van der Waals surface area contributed by atoms with Crippen LogP contribution in [0, 0.1) is 0 Å². The van der Waals surface area contributed by atoms with Crippen molar-refractivity contribution in [1.82, 2.24) is 4.98 Å². The van der Waals surface area contributed by atoms with Crippen LogP contribution >= 0.6 is 0 Å². The van der Waals surface area contributed by atoms with E-state index < -0.39 is 0 Å². The zero-order valence-electron chi connectivity index (χ0n) is 18.5. The topological polar surface area (TPSA) is 55.1 Å². The summed E-state index contributed by atoms with van der Waals surface area (Å²) in [6.07, 6.45) is 1.08. The number of carbonyl (C=O) groups is 1. The van der Waals surface area contributed by atoms with E-state index in [2.05, 4.69) is 50.1 Å². The molecule has 0 fully saturated rings. The van der Waals surface area contributed by atoms with Gasteiger partial charge < -0.3 is 9.73 Å². The molecule has 1 aromatic heterocycles. The number of hydrogen-bond acceptors (Lipinski definition) is 3. The summed E-state index contributed by atoms with van der Waals surface area (Å²) in [5.74, 6) is 1.33. The van der Waals surface area contributed by atoms with Gasteiger partial charge in [-0.15, -0.1) is 0 Å². The van der Waals surface area contributed by atoms with Crippen LogP contribution in [-0.4, -0.2) is 10.9 Å². The molecule has 31 heavy (non-hydrogen) atoms. The second-order valence-corrected chi connectivity index (χ2v) is 8.37. The van der Waals surface area contributed by atoms with Crippen LogP contribution in [0.5, 0.6) is 0 Å². The predicted molar refractivity (Wildman–Crippen MR) is 127 cm³/mol. The van der Waals surface area contributed by atoms with Gasteiger partial charge >= 0.3 is 0 Å². The maximum absolute atomic E-state index is 12.7. The summed E-state index contributed by atoms with van der Waals surface area (Å²) < 4.78 is 5.98. The van der Waals surface area contributed by atoms with Crippen molar-refractivity contribution >= 4 is 22.7 Å². The fourth-order valence-corrected chi connectivity index (χ4v) is 3.56. The summed E-state index contributed by atoms with van der Waals surface area (Å²) in [6.45, 7) is 8.67. The summed E-state index contributed by atoms with van der Waals surface area (Å²) in [6, 6.07) is 21.5. The Labute approximate surface area is 183 Å². The summed E-state index contributed by atoms with van der Waals surface area (Å²) in [5.41, 5.74) is 6.26. The average molecular weight is 413 g/mol. The molecule has 1 amide bonds. The third-order valence-electron chi connectivity index (χ3n) is 5.80. The lowest BCUT2D eigenvalue weighted by Gasteiger charge is -2.08. The van der Waals surface area contributed by atoms with Gasteiger partial charge in [-0.05, 0) is 71.8 Å². The smallest absolute Gasteiger partial charge is 0.255 e. The number of rotatable bonds is 6. The first kappa shape index (κ1) is 20.9. The highest BCUT2D eigenvalue weighted by atomic mass is 16.3. The van der Waals surface area contributed by atoms with Crippen LogP contribution in [-0.2, 0) is 0 Å². The lowest BCUT2D eigenvalue weighted by molar-refractivity contribution is 0.102. The molecule has 0 aliphatic heterocycles. The molecule has 4 nitrogen and oxygen atoms in total. The number of nitrogens with one attached hydrogen (secondary N) is 1. The van der Waals surface area contributed by atoms with Crippen LogP contribution in [0.15, 0.2) is 71.1 Å². The second kappa shape index (κ2) is 8.76. The third kappa shape index (κ3) is 4.53. The molecular formula is C27H28N2O2. The quantitative estimate of drug-likeness (QED) is 0.359. The van der Waals surface area contributed by atoms with Gasteiger partial charge in [0.1, 0.15) is 5.52 Å². The molecule has 1 heterocycles. The average Bonchev–Trinajstić information content (AvgIpc) is 3.22. The van der Waals surface area contributed by atoms with Crippen molar-refractivity contribution in [3.8, 4) is 11.5 Å². The number of carbonyl (C=O) groups excluding carboxylic acids is 1. The predicted octanol–water partition coefficient (Wildman–Crippen LogP) is 7.38. The lowest BCUT2D eigenvalue weighted by atomic mass is 9.98. The molecule has 0 radical (unpaired) electrons. The summed E-state index contributed by atoms with van der Waals surface area (Å²) in [7, 11) is 0. The molecule has 0 aliphatic carbocycles. The maximum atomic E-state index is 12.7. The highest BCUT2D eigenvalue weighted by Gasteiger charge is 2.13. The van der Waals surface area contributed by atoms with E-state index in [4.69, 9.17) is 4.42 Å². The Balaban J connectivity index is 1.56. The zero-order valence-corrected chi connectivity index (χ0v) is 18.5. The van der Waals surface area contributed by atoms with E-state index in [0.29, 0.717) is 29.0 Å². The van der Waals surface area contributed by atoms with Crippen molar-refractivity contribution in [1.29, 1.82) is 0 Å². The Kier molecular flexibility index (Phi) is 5.90. The van der Waals surface area contributed by atoms with Crippen LogP contribution in [0.2, 0.25) is 0 Å². The molecule has 4 aromatic rings. The lowest BCUT2D eigenvalue weighted by Crippen LogP contribution is -2.11. The number of fused-ring (bicyclic) bond motifs is 1. The molecule has 1 atom stereocenters. The molecule has 0 spiro atoms. The standard InChI is InChI=1S/C27H28N2O2/c1-5-18(4)21-13-14-25-24(16-21)29-27(31-25)22-7-6-8-23(15-22)28-26(30)20-11-9-19(10-12-20)17(2)3/h6-18H,5H2,1-4H3,(H,28,30)/t18-/m0/s1. The van der Waals surface area contributed by atoms with Gasteiger partial charge in [-0.25, -0.2) is 4.98 Å². The molecule has 0 saturated heterocycles. The number of oxazole rings is 1. The number of amides is 1. The van der Waals surface area contributed by atoms with E-state index >= 15 is 0 Å². The van der Waals surface area contributed by atoms with Crippen molar-refractivity contribution in [3.63, 3.8) is 0 Å². The highest BCUT2D eigenvalue weighted by molar-refractivity contribution is 6.04. The van der Waals surface area contributed by atoms with Gasteiger partial charge in [-0.3, -0.25) is 4.79 Å². The third-order valence-corrected chi connectivity index (χ3v) is 5.80. The first-order chi connectivity index (χ1) is 14.9. The minimum Gasteiger partial charge on any atom is -0.436 e. The van der Waals surface area contributed by atoms with E-state index in [1.54, 1.807) is 0 Å². The van der Waals surface area contributed by atoms with Gasteiger partial charge in [0.05, 0.1) is 0 Å². The minimum atomic E-state index is -0.136. The number of nitrogens with zero attached hydrogens (tertiary/aromatic N) is 1. The molecule has 0 unspecified atom stereocenters. The maximum Gasteiger partial charge on any atom is 0.255 e. The molecule has 0 aliphatic rings. The van der Waals surface area contributed by atoms with Crippen LogP contribution in [0.3, 0.4) is 0 Å². The van der Waals surface area contributed by atoms with Crippen molar-refractivity contribution in [2.45, 2.75) is 46.0 Å². The van der Waals surface area contributed by atoms with Gasteiger partial charge in [0.15, 0.2) is 5.58 Å². The molecule has 0 bridgehead atoms. The second-order valence-electron chi connectivity index (χ2n) is 8.37. The number of anilines is 1. The normalized spacial score (nSPS) is 12.3. The zero-order chi connectivity index (χ0) is 22.0. The monoisotopic (exact) mass is 412 g/mol. The Morgan fingerprint density at radius 1 is 0.968 bits per heavy atom. The van der Waals surface area contributed by atoms with Gasteiger partial charge in [-0.1, -0.05) is 52.0 Å². The Hall–Kier alpha value is -3.40. The van der Waals surface area contributed by atoms with Crippen LogP contribution in [0.4, 0.5) is 5.69 Å². The van der Waals surface area contributed by atoms with Gasteiger partial charge in [0, 0.05) is 16.8 Å². The van der Waals surface area contributed by atoms with Crippen LogP contribution < -0.4 is 5.32 Å². The van der Waals surface area contributed by atoms with E-state index in [1.807, 2.05) is 54.6 Å². The van der Waals surface area contributed by atoms with Gasteiger partial charge in [0.2, 0.25) is 5.89 Å². The number of aromatic nitrogens is 1. The van der Waals surface area contributed by atoms with E-state index in [-0.39, 0.29) is 5.91 Å². The van der Waals surface area contributed by atoms with E-state index in [0.717, 1.165) is 23.1 Å². The minimum absolute atomic E-state index is 0.136. The number of benzene rings is 3. The SMILES string of the molecule is CC[C@H](C)c1ccc2oc(-c3cccc(NC(=O)c4ccc(C(C)C)cc4)c3)nc2c1. The van der Waals surface area contributed by atoms with Crippen molar-refractivity contribution in [2.24, 2.45) is 0 Å². The Morgan fingerprint density at radius 3 is 2.42 bits per heavy atom. The summed E-state index contributed by atoms with van der Waals surface area (Å²) >= 11 is 0. The van der Waals surface area contributed by atoms with Crippen molar-refractivity contribution in [3.05, 3.63) is 83.4 Å². The molecule has 1 N–H and O–H groups in total. The van der Waals surface area contributed by atoms with Gasteiger partial charge in [-0.2, -0.15) is 0 Å². The van der Waals surface area contributed by atoms with E-state index in [9.17, 15) is 4.79 Å². The van der Waals surface area contributed by atoms with Crippen LogP contribution in [0.1, 0.15) is 67.4 Å². The first-order valence-electron chi connectivity index (χ1n) is 10.9. The van der Waals surface area contributed by atoms with Crippen LogP contribution in [0.25, 0.3) is 22.6 Å². The molecule has 3 aromatic carbocycles. The van der Waals surface area contributed by atoms with Crippen molar-refractivity contribution in [2.75, 3.05) is 5.32 Å². The molecule has 4 rings (SSSR count).